The molecule has 1 aromatic carbocycles. The van der Waals surface area contributed by atoms with E-state index in [9.17, 15) is 0 Å². The second-order valence-corrected chi connectivity index (χ2v) is 4.28. The van der Waals surface area contributed by atoms with Gasteiger partial charge < -0.3 is 14.6 Å². The number of hydrogen-bond donors (Lipinski definition) is 1. The Balaban J connectivity index is 1.70. The first-order chi connectivity index (χ1) is 8.34. The minimum Gasteiger partial charge on any atom is -0.491 e. The van der Waals surface area contributed by atoms with Crippen LogP contribution < -0.4 is 10.1 Å². The minimum atomic E-state index is 0.279. The number of nitrogens with zero attached hydrogens (tertiary/aromatic N) is 2. The van der Waals surface area contributed by atoms with E-state index in [0.29, 0.717) is 6.61 Å². The normalized spacial score (nSPS) is 17.8. The van der Waals surface area contributed by atoms with Crippen molar-refractivity contribution in [3.63, 3.8) is 0 Å². The smallest absolute Gasteiger partial charge is 0.124 e. The van der Waals surface area contributed by atoms with Gasteiger partial charge in [-0.05, 0) is 6.07 Å². The summed E-state index contributed by atoms with van der Waals surface area (Å²) in [5, 5.41) is 3.50. The number of hydrogen-bond acceptors (Lipinski definition) is 3. The lowest BCUT2D eigenvalue weighted by Gasteiger charge is -2.11. The van der Waals surface area contributed by atoms with Gasteiger partial charge in [-0.25, -0.2) is 4.98 Å². The molecule has 0 spiro atoms. The quantitative estimate of drug-likeness (QED) is 0.869. The van der Waals surface area contributed by atoms with E-state index in [-0.39, 0.29) is 6.04 Å². The highest BCUT2D eigenvalue weighted by Gasteiger charge is 2.22. The predicted octanol–water partition coefficient (Wildman–Crippen LogP) is 1.64. The molecule has 17 heavy (non-hydrogen) atoms. The maximum Gasteiger partial charge on any atom is 0.124 e. The lowest BCUT2D eigenvalue weighted by Crippen LogP contribution is -2.23. The van der Waals surface area contributed by atoms with Crippen LogP contribution in [0.3, 0.4) is 0 Å². The van der Waals surface area contributed by atoms with Gasteiger partial charge in [0.25, 0.3) is 0 Å². The van der Waals surface area contributed by atoms with Crippen LogP contribution in [-0.4, -0.2) is 16.2 Å². The molecule has 0 saturated carbocycles. The number of para-hydroxylation sites is 1. The lowest BCUT2D eigenvalue weighted by atomic mass is 10.1. The second-order valence-electron chi connectivity index (χ2n) is 4.28. The fourth-order valence-corrected chi connectivity index (χ4v) is 2.11. The number of ether oxygens (including phenoxy) is 1. The Hall–Kier alpha value is -1.81. The van der Waals surface area contributed by atoms with Crippen LogP contribution in [-0.2, 0) is 13.6 Å². The average Bonchev–Trinajstić information content (AvgIpc) is 2.93. The minimum absolute atomic E-state index is 0.279. The van der Waals surface area contributed by atoms with Crippen molar-refractivity contribution in [3.05, 3.63) is 48.0 Å². The molecule has 2 aromatic rings. The molecule has 0 radical (unpaired) electrons. The monoisotopic (exact) mass is 229 g/mol. The molecule has 0 saturated heterocycles. The van der Waals surface area contributed by atoms with E-state index in [1.54, 1.807) is 0 Å². The molecule has 4 nitrogen and oxygen atoms in total. The van der Waals surface area contributed by atoms with Crippen LogP contribution in [0.4, 0.5) is 0 Å². The van der Waals surface area contributed by atoms with Gasteiger partial charge in [-0.2, -0.15) is 0 Å². The Morgan fingerprint density at radius 3 is 3.18 bits per heavy atom. The van der Waals surface area contributed by atoms with Gasteiger partial charge in [0, 0.05) is 25.4 Å². The first-order valence-corrected chi connectivity index (χ1v) is 5.75. The second kappa shape index (κ2) is 4.22. The first kappa shape index (κ1) is 10.4. The van der Waals surface area contributed by atoms with Gasteiger partial charge in [-0.15, -0.1) is 0 Å². The number of fused-ring (bicyclic) bond motifs is 1. The zero-order chi connectivity index (χ0) is 11.7. The van der Waals surface area contributed by atoms with Crippen molar-refractivity contribution >= 4 is 0 Å². The summed E-state index contributed by atoms with van der Waals surface area (Å²) in [6.07, 6.45) is 3.70. The number of rotatable bonds is 3. The molecular formula is C13H15N3O. The van der Waals surface area contributed by atoms with E-state index < -0.39 is 0 Å². The number of nitrogens with one attached hydrogen (secondary N) is 1. The van der Waals surface area contributed by atoms with E-state index in [1.807, 2.05) is 42.3 Å². The third-order valence-electron chi connectivity index (χ3n) is 3.15. The van der Waals surface area contributed by atoms with E-state index in [2.05, 4.69) is 16.4 Å². The first-order valence-electron chi connectivity index (χ1n) is 5.75. The molecule has 1 aliphatic heterocycles. The zero-order valence-corrected chi connectivity index (χ0v) is 9.76. The molecule has 1 N–H and O–H groups in total. The van der Waals surface area contributed by atoms with Gasteiger partial charge in [0.1, 0.15) is 12.4 Å². The topological polar surface area (TPSA) is 39.1 Å². The average molecular weight is 229 g/mol. The molecule has 4 heteroatoms. The Bertz CT molecular complexity index is 521. The van der Waals surface area contributed by atoms with Crippen LogP contribution in [0.2, 0.25) is 0 Å². The van der Waals surface area contributed by atoms with Crippen molar-refractivity contribution in [1.29, 1.82) is 0 Å². The van der Waals surface area contributed by atoms with E-state index in [1.165, 1.54) is 11.3 Å². The van der Waals surface area contributed by atoms with Gasteiger partial charge in [-0.3, -0.25) is 0 Å². The van der Waals surface area contributed by atoms with Gasteiger partial charge in [0.05, 0.1) is 18.1 Å². The summed E-state index contributed by atoms with van der Waals surface area (Å²) < 4.78 is 7.65. The summed E-state index contributed by atoms with van der Waals surface area (Å²) in [6, 6.07) is 8.46. The number of imidazole rings is 1. The third-order valence-corrected chi connectivity index (χ3v) is 3.15. The molecule has 0 amide bonds. The number of aryl methyl sites for hydroxylation is 1. The van der Waals surface area contributed by atoms with Crippen LogP contribution in [0.5, 0.6) is 5.75 Å². The Morgan fingerprint density at radius 2 is 2.35 bits per heavy atom. The highest BCUT2D eigenvalue weighted by Crippen LogP contribution is 2.31. The maximum absolute atomic E-state index is 5.63. The highest BCUT2D eigenvalue weighted by molar-refractivity contribution is 5.39. The van der Waals surface area contributed by atoms with Crippen LogP contribution in [0.25, 0.3) is 0 Å². The number of benzene rings is 1. The van der Waals surface area contributed by atoms with Crippen molar-refractivity contribution < 1.29 is 4.74 Å². The van der Waals surface area contributed by atoms with Crippen LogP contribution in [0.15, 0.2) is 36.8 Å². The fourth-order valence-electron chi connectivity index (χ4n) is 2.11. The molecule has 0 bridgehead atoms. The van der Waals surface area contributed by atoms with Crippen LogP contribution in [0, 0.1) is 0 Å². The molecule has 2 heterocycles. The van der Waals surface area contributed by atoms with E-state index in [4.69, 9.17) is 4.74 Å². The summed E-state index contributed by atoms with van der Waals surface area (Å²) in [4.78, 5) is 4.10. The largest absolute Gasteiger partial charge is 0.491 e. The molecule has 0 fully saturated rings. The summed E-state index contributed by atoms with van der Waals surface area (Å²) in [5.74, 6) is 0.995. The van der Waals surface area contributed by atoms with Crippen molar-refractivity contribution in [1.82, 2.24) is 14.9 Å². The van der Waals surface area contributed by atoms with Gasteiger partial charge in [-0.1, -0.05) is 18.2 Å². The predicted molar refractivity (Wildman–Crippen MR) is 64.7 cm³/mol. The standard InChI is InChI=1S/C13H15N3O/c1-16-9-14-6-10(16)7-15-12-8-17-13-5-3-2-4-11(12)13/h2-6,9,12,15H,7-8H2,1H3. The molecule has 0 aliphatic carbocycles. The summed E-state index contributed by atoms with van der Waals surface area (Å²) >= 11 is 0. The highest BCUT2D eigenvalue weighted by atomic mass is 16.5. The summed E-state index contributed by atoms with van der Waals surface area (Å²) in [7, 11) is 2.00. The van der Waals surface area contributed by atoms with Gasteiger partial charge in [0.15, 0.2) is 0 Å². The van der Waals surface area contributed by atoms with Crippen LogP contribution >= 0.6 is 0 Å². The molecular weight excluding hydrogens is 214 g/mol. The molecule has 3 rings (SSSR count). The van der Waals surface area contributed by atoms with E-state index >= 15 is 0 Å². The zero-order valence-electron chi connectivity index (χ0n) is 9.76. The van der Waals surface area contributed by atoms with Crippen molar-refractivity contribution in [2.75, 3.05) is 6.61 Å². The molecule has 88 valence electrons. The molecule has 1 aliphatic rings. The van der Waals surface area contributed by atoms with Crippen LogP contribution in [0.1, 0.15) is 17.3 Å². The Kier molecular flexibility index (Phi) is 2.57. The summed E-state index contributed by atoms with van der Waals surface area (Å²) in [5.41, 5.74) is 2.42. The SMILES string of the molecule is Cn1cncc1CNC1COc2ccccc21. The van der Waals surface area contributed by atoms with Crippen molar-refractivity contribution in [2.24, 2.45) is 7.05 Å². The molecule has 1 unspecified atom stereocenters. The van der Waals surface area contributed by atoms with Crippen molar-refractivity contribution in [2.45, 2.75) is 12.6 Å². The molecule has 1 atom stereocenters. The van der Waals surface area contributed by atoms with Gasteiger partial charge >= 0.3 is 0 Å². The van der Waals surface area contributed by atoms with Crippen molar-refractivity contribution in [3.8, 4) is 5.75 Å². The third kappa shape index (κ3) is 1.91. The summed E-state index contributed by atoms with van der Waals surface area (Å²) in [6.45, 7) is 1.51. The molecule has 1 aromatic heterocycles. The number of aromatic nitrogens is 2. The maximum atomic E-state index is 5.63. The van der Waals surface area contributed by atoms with Gasteiger partial charge in [0.2, 0.25) is 0 Å². The Morgan fingerprint density at radius 1 is 1.47 bits per heavy atom. The lowest BCUT2D eigenvalue weighted by molar-refractivity contribution is 0.309. The fraction of sp³-hybridized carbons (Fsp3) is 0.308. The van der Waals surface area contributed by atoms with E-state index in [0.717, 1.165) is 12.3 Å². The Labute approximate surface area is 100 Å².